The number of hydrogen-bond donors (Lipinski definition) is 1. The summed E-state index contributed by atoms with van der Waals surface area (Å²) in [5.74, 6) is 0. The Hall–Kier alpha value is -1.07. The molecule has 0 saturated heterocycles. The summed E-state index contributed by atoms with van der Waals surface area (Å²) in [4.78, 5) is 0. The van der Waals surface area contributed by atoms with E-state index in [0.29, 0.717) is 5.56 Å². The van der Waals surface area contributed by atoms with E-state index in [1.54, 1.807) is 7.11 Å². The van der Waals surface area contributed by atoms with E-state index in [1.165, 1.54) is 12.1 Å². The Balaban J connectivity index is 2.22. The van der Waals surface area contributed by atoms with Gasteiger partial charge in [-0.25, -0.2) is 0 Å². The van der Waals surface area contributed by atoms with Gasteiger partial charge in [-0.05, 0) is 30.5 Å². The van der Waals surface area contributed by atoms with Crippen LogP contribution in [0, 0.1) is 0 Å². The summed E-state index contributed by atoms with van der Waals surface area (Å²) in [6.45, 7) is 0. The van der Waals surface area contributed by atoms with E-state index in [1.807, 2.05) is 0 Å². The Bertz CT molecular complexity index is 446. The van der Waals surface area contributed by atoms with Gasteiger partial charge in [-0.2, -0.15) is 13.2 Å². The quantitative estimate of drug-likeness (QED) is 0.834. The lowest BCUT2D eigenvalue weighted by atomic mass is 9.84. The molecule has 0 aromatic heterocycles. The summed E-state index contributed by atoms with van der Waals surface area (Å²) in [6, 6.07) is 4.72. The van der Waals surface area contributed by atoms with Gasteiger partial charge < -0.3 is 9.84 Å². The molecule has 0 aliphatic heterocycles. The second kappa shape index (κ2) is 6.36. The molecule has 118 valence electrons. The lowest BCUT2D eigenvalue weighted by molar-refractivity contribution is -0.137. The van der Waals surface area contributed by atoms with Gasteiger partial charge in [0.05, 0.1) is 11.2 Å². The maximum Gasteiger partial charge on any atom is 0.416 e. The van der Waals surface area contributed by atoms with Crippen LogP contribution in [0.3, 0.4) is 0 Å². The van der Waals surface area contributed by atoms with Crippen LogP contribution in [-0.2, 0) is 10.9 Å². The predicted octanol–water partition coefficient (Wildman–Crippen LogP) is 4.48. The lowest BCUT2D eigenvalue weighted by Crippen LogP contribution is -2.38. The van der Waals surface area contributed by atoms with Crippen molar-refractivity contribution in [2.75, 3.05) is 7.11 Å². The fraction of sp³-hybridized carbons (Fsp3) is 0.625. The Morgan fingerprint density at radius 3 is 2.00 bits per heavy atom. The second-order valence-electron chi connectivity index (χ2n) is 5.71. The van der Waals surface area contributed by atoms with Gasteiger partial charge in [-0.3, -0.25) is 0 Å². The summed E-state index contributed by atoms with van der Waals surface area (Å²) in [6.07, 6.45) is 0.331. The lowest BCUT2D eigenvalue weighted by Gasteiger charge is -2.36. The van der Waals surface area contributed by atoms with Crippen molar-refractivity contribution in [3.05, 3.63) is 35.4 Å². The molecule has 1 fully saturated rings. The van der Waals surface area contributed by atoms with E-state index in [2.05, 4.69) is 0 Å². The average Bonchev–Trinajstić information content (AvgIpc) is 2.72. The molecule has 1 saturated carbocycles. The molecule has 0 spiro atoms. The molecule has 2 nitrogen and oxygen atoms in total. The van der Waals surface area contributed by atoms with Crippen molar-refractivity contribution < 1.29 is 23.0 Å². The maximum absolute atomic E-state index is 12.6. The summed E-state index contributed by atoms with van der Waals surface area (Å²) in [7, 11) is 1.57. The van der Waals surface area contributed by atoms with Gasteiger partial charge in [0.25, 0.3) is 0 Å². The number of aliphatic hydroxyl groups excluding tert-OH is 1. The van der Waals surface area contributed by atoms with Gasteiger partial charge in [-0.1, -0.05) is 37.8 Å². The minimum Gasteiger partial charge on any atom is -0.385 e. The largest absolute Gasteiger partial charge is 0.416 e. The standard InChI is InChI=1S/C16H21F3O2/c1-21-15(10-4-2-3-5-11-15)14(20)12-6-8-13(9-7-12)16(17,18)19/h6-9,14,20H,2-5,10-11H2,1H3. The van der Waals surface area contributed by atoms with Crippen LogP contribution in [-0.4, -0.2) is 17.8 Å². The number of halogens is 3. The van der Waals surface area contributed by atoms with Crippen LogP contribution < -0.4 is 0 Å². The number of methoxy groups -OCH3 is 1. The highest BCUT2D eigenvalue weighted by Crippen LogP contribution is 2.40. The predicted molar refractivity (Wildman–Crippen MR) is 73.8 cm³/mol. The van der Waals surface area contributed by atoms with Gasteiger partial charge in [0, 0.05) is 7.11 Å². The highest BCUT2D eigenvalue weighted by Gasteiger charge is 2.39. The van der Waals surface area contributed by atoms with Crippen molar-refractivity contribution in [1.29, 1.82) is 0 Å². The van der Waals surface area contributed by atoms with E-state index in [9.17, 15) is 18.3 Å². The smallest absolute Gasteiger partial charge is 0.385 e. The van der Waals surface area contributed by atoms with Crippen LogP contribution in [0.5, 0.6) is 0 Å². The van der Waals surface area contributed by atoms with E-state index in [0.717, 1.165) is 50.7 Å². The fourth-order valence-corrected chi connectivity index (χ4v) is 3.07. The zero-order valence-corrected chi connectivity index (χ0v) is 12.1. The average molecular weight is 302 g/mol. The van der Waals surface area contributed by atoms with Crippen molar-refractivity contribution in [2.45, 2.75) is 56.4 Å². The molecule has 0 amide bonds. The number of aliphatic hydroxyl groups is 1. The van der Waals surface area contributed by atoms with Crippen LogP contribution in [0.1, 0.15) is 55.8 Å². The molecule has 1 unspecified atom stereocenters. The molecular formula is C16H21F3O2. The van der Waals surface area contributed by atoms with E-state index in [4.69, 9.17) is 4.74 Å². The molecule has 1 N–H and O–H groups in total. The van der Waals surface area contributed by atoms with Crippen LogP contribution in [0.4, 0.5) is 13.2 Å². The Kier molecular flexibility index (Phi) is 4.94. The van der Waals surface area contributed by atoms with Crippen molar-refractivity contribution >= 4 is 0 Å². The molecule has 1 aromatic rings. The summed E-state index contributed by atoms with van der Waals surface area (Å²) < 4.78 is 43.4. The van der Waals surface area contributed by atoms with Crippen molar-refractivity contribution in [3.8, 4) is 0 Å². The number of rotatable bonds is 3. The van der Waals surface area contributed by atoms with Gasteiger partial charge >= 0.3 is 6.18 Å². The summed E-state index contributed by atoms with van der Waals surface area (Å²) in [5, 5.41) is 10.6. The monoisotopic (exact) mass is 302 g/mol. The Morgan fingerprint density at radius 2 is 1.57 bits per heavy atom. The highest BCUT2D eigenvalue weighted by molar-refractivity contribution is 5.27. The minimum atomic E-state index is -4.36. The number of alkyl halides is 3. The molecule has 5 heteroatoms. The van der Waals surface area contributed by atoms with E-state index >= 15 is 0 Å². The molecule has 21 heavy (non-hydrogen) atoms. The van der Waals surface area contributed by atoms with Gasteiger partial charge in [0.15, 0.2) is 0 Å². The third kappa shape index (κ3) is 3.58. The van der Waals surface area contributed by atoms with Crippen LogP contribution in [0.25, 0.3) is 0 Å². The Morgan fingerprint density at radius 1 is 1.05 bits per heavy atom. The first kappa shape index (κ1) is 16.3. The highest BCUT2D eigenvalue weighted by atomic mass is 19.4. The molecule has 1 aliphatic carbocycles. The molecule has 1 atom stereocenters. The molecule has 1 aromatic carbocycles. The van der Waals surface area contributed by atoms with Gasteiger partial charge in [-0.15, -0.1) is 0 Å². The van der Waals surface area contributed by atoms with Crippen molar-refractivity contribution in [1.82, 2.24) is 0 Å². The molecule has 1 aliphatic rings. The molecular weight excluding hydrogens is 281 g/mol. The normalized spacial score (nSPS) is 20.8. The van der Waals surface area contributed by atoms with Crippen LogP contribution >= 0.6 is 0 Å². The third-order valence-electron chi connectivity index (χ3n) is 4.41. The van der Waals surface area contributed by atoms with Gasteiger partial charge in [0.1, 0.15) is 6.10 Å². The van der Waals surface area contributed by atoms with Crippen LogP contribution in [0.2, 0.25) is 0 Å². The topological polar surface area (TPSA) is 29.5 Å². The van der Waals surface area contributed by atoms with E-state index < -0.39 is 23.4 Å². The van der Waals surface area contributed by atoms with Crippen molar-refractivity contribution in [3.63, 3.8) is 0 Å². The molecule has 2 rings (SSSR count). The zero-order valence-electron chi connectivity index (χ0n) is 12.1. The first-order valence-electron chi connectivity index (χ1n) is 7.29. The maximum atomic E-state index is 12.6. The third-order valence-corrected chi connectivity index (χ3v) is 4.41. The van der Waals surface area contributed by atoms with Crippen molar-refractivity contribution in [2.24, 2.45) is 0 Å². The molecule has 0 bridgehead atoms. The van der Waals surface area contributed by atoms with Gasteiger partial charge in [0.2, 0.25) is 0 Å². The number of benzene rings is 1. The van der Waals surface area contributed by atoms with Crippen LogP contribution in [0.15, 0.2) is 24.3 Å². The fourth-order valence-electron chi connectivity index (χ4n) is 3.07. The number of ether oxygens (including phenoxy) is 1. The first-order chi connectivity index (χ1) is 9.89. The SMILES string of the molecule is COC1(C(O)c2ccc(C(F)(F)F)cc2)CCCCCC1. The zero-order chi connectivity index (χ0) is 15.5. The van der Waals surface area contributed by atoms with E-state index in [-0.39, 0.29) is 0 Å². The second-order valence-corrected chi connectivity index (χ2v) is 5.71. The summed E-state index contributed by atoms with van der Waals surface area (Å²) >= 11 is 0. The number of hydrogen-bond acceptors (Lipinski definition) is 2. The molecule has 0 heterocycles. The minimum absolute atomic E-state index is 0.478. The Labute approximate surface area is 122 Å². The summed E-state index contributed by atoms with van der Waals surface area (Å²) in [5.41, 5.74) is -0.909. The molecule has 0 radical (unpaired) electrons. The first-order valence-corrected chi connectivity index (χ1v) is 7.29.